The molecule has 21 heavy (non-hydrogen) atoms. The van der Waals surface area contributed by atoms with Crippen LogP contribution in [0.5, 0.6) is 0 Å². The van der Waals surface area contributed by atoms with Gasteiger partial charge in [0.05, 0.1) is 4.88 Å². The van der Waals surface area contributed by atoms with E-state index in [2.05, 4.69) is 5.32 Å². The Labute approximate surface area is 126 Å². The van der Waals surface area contributed by atoms with Gasteiger partial charge in [-0.3, -0.25) is 4.79 Å². The van der Waals surface area contributed by atoms with E-state index >= 15 is 0 Å². The Balaban J connectivity index is 2.14. The largest absolute Gasteiger partial charge is 0.478 e. The van der Waals surface area contributed by atoms with Gasteiger partial charge in [-0.05, 0) is 43.7 Å². The Morgan fingerprint density at radius 1 is 1.19 bits per heavy atom. The number of anilines is 1. The predicted molar refractivity (Wildman–Crippen MR) is 84.9 cm³/mol. The zero-order valence-corrected chi connectivity index (χ0v) is 12.5. The fourth-order valence-corrected chi connectivity index (χ4v) is 2.72. The lowest BCUT2D eigenvalue weighted by Crippen LogP contribution is -2.09. The van der Waals surface area contributed by atoms with Crippen LogP contribution in [-0.4, -0.2) is 17.0 Å². The highest BCUT2D eigenvalue weighted by Crippen LogP contribution is 2.24. The quantitative estimate of drug-likeness (QED) is 0.846. The third-order valence-corrected chi connectivity index (χ3v) is 4.07. The first kappa shape index (κ1) is 15.0. The number of aryl methyl sites for hydroxylation is 2. The molecule has 0 radical (unpaired) electrons. The summed E-state index contributed by atoms with van der Waals surface area (Å²) in [5, 5.41) is 11.5. The van der Waals surface area contributed by atoms with Gasteiger partial charge in [0, 0.05) is 16.6 Å². The van der Waals surface area contributed by atoms with Crippen molar-refractivity contribution in [3.05, 3.63) is 57.3 Å². The summed E-state index contributed by atoms with van der Waals surface area (Å²) in [6, 6.07) is 9.31. The lowest BCUT2D eigenvalue weighted by Gasteiger charge is -2.03. The molecule has 1 aromatic heterocycles. The summed E-state index contributed by atoms with van der Waals surface area (Å²) >= 11 is 1.27. The van der Waals surface area contributed by atoms with Crippen LogP contribution in [0.3, 0.4) is 0 Å². The maximum Gasteiger partial charge on any atom is 0.328 e. The molecule has 2 aromatic rings. The van der Waals surface area contributed by atoms with Crippen molar-refractivity contribution in [3.63, 3.8) is 0 Å². The minimum Gasteiger partial charge on any atom is -0.478 e. The van der Waals surface area contributed by atoms with Gasteiger partial charge in [0.1, 0.15) is 0 Å². The number of aliphatic carboxylic acids is 1. The van der Waals surface area contributed by atoms with Crippen molar-refractivity contribution in [1.82, 2.24) is 0 Å². The summed E-state index contributed by atoms with van der Waals surface area (Å²) in [4.78, 5) is 24.0. The second kappa shape index (κ2) is 6.37. The Kier molecular flexibility index (Phi) is 4.55. The molecule has 0 saturated carbocycles. The molecule has 0 bridgehead atoms. The van der Waals surface area contributed by atoms with Crippen LogP contribution in [0.1, 0.15) is 25.7 Å². The van der Waals surface area contributed by atoms with Gasteiger partial charge < -0.3 is 10.4 Å². The van der Waals surface area contributed by atoms with Crippen molar-refractivity contribution in [3.8, 4) is 0 Å². The molecule has 0 spiro atoms. The van der Waals surface area contributed by atoms with Crippen molar-refractivity contribution < 1.29 is 14.7 Å². The highest BCUT2D eigenvalue weighted by molar-refractivity contribution is 7.15. The molecule has 0 aliphatic carbocycles. The number of thiophene rings is 1. The summed E-state index contributed by atoms with van der Waals surface area (Å²) in [6.45, 7) is 3.83. The molecule has 1 aromatic carbocycles. The molecular weight excluding hydrogens is 286 g/mol. The van der Waals surface area contributed by atoms with E-state index in [0.717, 1.165) is 27.8 Å². The number of carboxylic acids is 1. The first-order chi connectivity index (χ1) is 9.95. The van der Waals surface area contributed by atoms with Crippen LogP contribution in [0.15, 0.2) is 36.4 Å². The van der Waals surface area contributed by atoms with Crippen LogP contribution in [0.25, 0.3) is 6.08 Å². The van der Waals surface area contributed by atoms with Crippen molar-refractivity contribution in [2.45, 2.75) is 13.8 Å². The van der Waals surface area contributed by atoms with E-state index in [1.165, 1.54) is 17.4 Å². The average molecular weight is 301 g/mol. The maximum atomic E-state index is 12.2. The molecule has 0 aliphatic rings. The maximum absolute atomic E-state index is 12.2. The number of carboxylic acid groups (broad SMARTS) is 1. The number of benzene rings is 1. The summed E-state index contributed by atoms with van der Waals surface area (Å²) in [7, 11) is 0. The fraction of sp³-hybridized carbons (Fsp3) is 0.125. The van der Waals surface area contributed by atoms with Gasteiger partial charge in [0.2, 0.25) is 0 Å². The number of hydrogen-bond acceptors (Lipinski definition) is 3. The van der Waals surface area contributed by atoms with Gasteiger partial charge in [-0.1, -0.05) is 17.7 Å². The second-order valence-corrected chi connectivity index (χ2v) is 5.73. The minimum atomic E-state index is -1.01. The third kappa shape index (κ3) is 4.03. The van der Waals surface area contributed by atoms with Crippen molar-refractivity contribution in [2.24, 2.45) is 0 Å². The normalized spacial score (nSPS) is 10.8. The topological polar surface area (TPSA) is 66.4 Å². The standard InChI is InChI=1S/C16H15NO3S/c1-10-3-5-12(6-4-10)17-16(20)14-9-11(2)13(21-14)7-8-15(18)19/h3-9H,1-2H3,(H,17,20)(H,18,19)/b8-7+. The molecule has 0 unspecified atom stereocenters. The summed E-state index contributed by atoms with van der Waals surface area (Å²) in [5.74, 6) is -1.20. The molecule has 1 amide bonds. The average Bonchev–Trinajstić information content (AvgIpc) is 2.80. The monoisotopic (exact) mass is 301 g/mol. The first-order valence-corrected chi connectivity index (χ1v) is 7.17. The molecule has 0 aliphatic heterocycles. The van der Waals surface area contributed by atoms with E-state index < -0.39 is 5.97 Å². The van der Waals surface area contributed by atoms with Gasteiger partial charge in [-0.15, -0.1) is 11.3 Å². The molecule has 2 rings (SSSR count). The van der Waals surface area contributed by atoms with E-state index in [0.29, 0.717) is 4.88 Å². The Morgan fingerprint density at radius 3 is 2.48 bits per heavy atom. The van der Waals surface area contributed by atoms with E-state index in [1.807, 2.05) is 38.1 Å². The van der Waals surface area contributed by atoms with Gasteiger partial charge in [0.15, 0.2) is 0 Å². The van der Waals surface area contributed by atoms with Crippen molar-refractivity contribution >= 4 is 35.0 Å². The van der Waals surface area contributed by atoms with Crippen molar-refractivity contribution in [2.75, 3.05) is 5.32 Å². The third-order valence-electron chi connectivity index (χ3n) is 2.87. The fourth-order valence-electron chi connectivity index (χ4n) is 1.75. The highest BCUT2D eigenvalue weighted by Gasteiger charge is 2.11. The van der Waals surface area contributed by atoms with Crippen LogP contribution in [0, 0.1) is 13.8 Å². The highest BCUT2D eigenvalue weighted by atomic mass is 32.1. The van der Waals surface area contributed by atoms with Gasteiger partial charge in [-0.2, -0.15) is 0 Å². The molecule has 108 valence electrons. The number of rotatable bonds is 4. The zero-order valence-electron chi connectivity index (χ0n) is 11.7. The van der Waals surface area contributed by atoms with Crippen LogP contribution >= 0.6 is 11.3 Å². The van der Waals surface area contributed by atoms with Crippen LogP contribution in [0.2, 0.25) is 0 Å². The molecule has 0 saturated heterocycles. The number of carbonyl (C=O) groups is 2. The Hall–Kier alpha value is -2.40. The van der Waals surface area contributed by atoms with Gasteiger partial charge >= 0.3 is 5.97 Å². The van der Waals surface area contributed by atoms with Crippen LogP contribution in [-0.2, 0) is 4.79 Å². The van der Waals surface area contributed by atoms with Gasteiger partial charge in [-0.25, -0.2) is 4.79 Å². The minimum absolute atomic E-state index is 0.193. The predicted octanol–water partition coefficient (Wildman–Crippen LogP) is 3.72. The Bertz CT molecular complexity index is 699. The van der Waals surface area contributed by atoms with E-state index in [4.69, 9.17) is 5.11 Å². The van der Waals surface area contributed by atoms with Crippen LogP contribution < -0.4 is 5.32 Å². The molecular formula is C16H15NO3S. The van der Waals surface area contributed by atoms with E-state index in [-0.39, 0.29) is 5.91 Å². The van der Waals surface area contributed by atoms with Gasteiger partial charge in [0.25, 0.3) is 5.91 Å². The molecule has 0 fully saturated rings. The summed E-state index contributed by atoms with van der Waals surface area (Å²) in [6.07, 6.45) is 2.57. The molecule has 1 heterocycles. The number of carbonyl (C=O) groups excluding carboxylic acids is 1. The summed E-state index contributed by atoms with van der Waals surface area (Å²) in [5.41, 5.74) is 2.74. The smallest absolute Gasteiger partial charge is 0.328 e. The SMILES string of the molecule is Cc1ccc(NC(=O)c2cc(C)c(/C=C/C(=O)O)s2)cc1. The lowest BCUT2D eigenvalue weighted by atomic mass is 10.2. The van der Waals surface area contributed by atoms with Crippen molar-refractivity contribution in [1.29, 1.82) is 0 Å². The molecule has 4 nitrogen and oxygen atoms in total. The van der Waals surface area contributed by atoms with E-state index in [9.17, 15) is 9.59 Å². The lowest BCUT2D eigenvalue weighted by molar-refractivity contribution is -0.131. The number of hydrogen-bond donors (Lipinski definition) is 2. The van der Waals surface area contributed by atoms with Crippen LogP contribution in [0.4, 0.5) is 5.69 Å². The zero-order chi connectivity index (χ0) is 15.4. The summed E-state index contributed by atoms with van der Waals surface area (Å²) < 4.78 is 0. The second-order valence-electron chi connectivity index (χ2n) is 4.65. The van der Waals surface area contributed by atoms with E-state index in [1.54, 1.807) is 6.07 Å². The molecule has 0 atom stereocenters. The Morgan fingerprint density at radius 2 is 1.86 bits per heavy atom. The number of nitrogens with one attached hydrogen (secondary N) is 1. The molecule has 2 N–H and O–H groups in total. The first-order valence-electron chi connectivity index (χ1n) is 6.35. The molecule has 5 heteroatoms. The number of amides is 1.